The maximum Gasteiger partial charge on any atom is 0.269 e. The molecule has 0 aliphatic carbocycles. The monoisotopic (exact) mass is 148 g/mol. The molecule has 0 fully saturated rings. The number of alkyl halides is 2. The van der Waals surface area contributed by atoms with E-state index < -0.39 is 12.5 Å². The van der Waals surface area contributed by atoms with Crippen molar-refractivity contribution in [2.45, 2.75) is 12.5 Å². The van der Waals surface area contributed by atoms with Crippen molar-refractivity contribution in [3.63, 3.8) is 0 Å². The molecule has 0 aromatic carbocycles. The van der Waals surface area contributed by atoms with Gasteiger partial charge in [0.05, 0.1) is 18.2 Å². The molecule has 1 aromatic rings. The minimum absolute atomic E-state index is 0.0370. The summed E-state index contributed by atoms with van der Waals surface area (Å²) in [5, 5.41) is 8.67. The minimum Gasteiger partial charge on any atom is -0.381 e. The second-order valence-corrected chi connectivity index (χ2v) is 1.79. The second-order valence-electron chi connectivity index (χ2n) is 1.79. The summed E-state index contributed by atoms with van der Waals surface area (Å²) in [6.07, 6.45) is -2.11. The molecular weight excluding hydrogens is 142 g/mol. The lowest BCUT2D eigenvalue weighted by atomic mass is 10.3. The van der Waals surface area contributed by atoms with Gasteiger partial charge in [-0.25, -0.2) is 13.8 Å². The standard InChI is InChI=1S/C5H6F2N2O/c6-5(7)4(10)3-1-8-2-9-3/h1-2,4-5,10H,(H,8,9). The van der Waals surface area contributed by atoms with Crippen LogP contribution in [-0.2, 0) is 0 Å². The molecule has 0 aliphatic heterocycles. The largest absolute Gasteiger partial charge is 0.381 e. The van der Waals surface area contributed by atoms with E-state index in [9.17, 15) is 8.78 Å². The van der Waals surface area contributed by atoms with Gasteiger partial charge in [-0.1, -0.05) is 0 Å². The highest BCUT2D eigenvalue weighted by molar-refractivity contribution is 4.99. The van der Waals surface area contributed by atoms with Crippen molar-refractivity contribution >= 4 is 0 Å². The first-order chi connectivity index (χ1) is 4.72. The van der Waals surface area contributed by atoms with Crippen LogP contribution in [-0.4, -0.2) is 21.5 Å². The number of hydrogen-bond donors (Lipinski definition) is 2. The number of H-pyrrole nitrogens is 1. The van der Waals surface area contributed by atoms with Crippen molar-refractivity contribution in [2.75, 3.05) is 0 Å². The molecule has 10 heavy (non-hydrogen) atoms. The van der Waals surface area contributed by atoms with Gasteiger partial charge in [0.1, 0.15) is 0 Å². The number of nitrogens with one attached hydrogen (secondary N) is 1. The van der Waals surface area contributed by atoms with Crippen molar-refractivity contribution in [1.82, 2.24) is 9.97 Å². The molecular formula is C5H6F2N2O. The smallest absolute Gasteiger partial charge is 0.269 e. The summed E-state index contributed by atoms with van der Waals surface area (Å²) in [5.41, 5.74) is 0.0370. The number of aromatic amines is 1. The molecule has 1 unspecified atom stereocenters. The first-order valence-electron chi connectivity index (χ1n) is 2.66. The number of hydrogen-bond acceptors (Lipinski definition) is 2. The molecule has 1 heterocycles. The molecule has 2 N–H and O–H groups in total. The number of halogens is 2. The van der Waals surface area contributed by atoms with E-state index in [1.165, 1.54) is 6.33 Å². The van der Waals surface area contributed by atoms with Crippen molar-refractivity contribution in [3.05, 3.63) is 18.2 Å². The zero-order valence-electron chi connectivity index (χ0n) is 4.96. The van der Waals surface area contributed by atoms with Crippen molar-refractivity contribution < 1.29 is 13.9 Å². The summed E-state index contributed by atoms with van der Waals surface area (Å²) in [7, 11) is 0. The van der Waals surface area contributed by atoms with Crippen LogP contribution in [0.4, 0.5) is 8.78 Å². The van der Waals surface area contributed by atoms with Crippen molar-refractivity contribution in [3.8, 4) is 0 Å². The van der Waals surface area contributed by atoms with Crippen LogP contribution in [0, 0.1) is 0 Å². The normalized spacial score (nSPS) is 14.0. The SMILES string of the molecule is OC(c1cnc[nH]1)C(F)F. The molecule has 0 radical (unpaired) electrons. The summed E-state index contributed by atoms with van der Waals surface area (Å²) in [5.74, 6) is 0. The third kappa shape index (κ3) is 1.30. The van der Waals surface area contributed by atoms with Crippen molar-refractivity contribution in [1.29, 1.82) is 0 Å². The van der Waals surface area contributed by atoms with Gasteiger partial charge in [-0.05, 0) is 0 Å². The molecule has 3 nitrogen and oxygen atoms in total. The number of rotatable bonds is 2. The molecule has 0 saturated heterocycles. The highest BCUT2D eigenvalue weighted by atomic mass is 19.3. The predicted octanol–water partition coefficient (Wildman–Crippen LogP) is 0.708. The number of aliphatic hydroxyl groups excluding tert-OH is 1. The zero-order valence-corrected chi connectivity index (χ0v) is 4.96. The topological polar surface area (TPSA) is 48.9 Å². The van der Waals surface area contributed by atoms with Crippen LogP contribution in [0.5, 0.6) is 0 Å². The molecule has 0 amide bonds. The van der Waals surface area contributed by atoms with E-state index in [0.717, 1.165) is 6.20 Å². The van der Waals surface area contributed by atoms with Gasteiger partial charge in [0.25, 0.3) is 6.43 Å². The molecule has 1 atom stereocenters. The number of nitrogens with zero attached hydrogens (tertiary/aromatic N) is 1. The van der Waals surface area contributed by atoms with Gasteiger partial charge >= 0.3 is 0 Å². The highest BCUT2D eigenvalue weighted by Crippen LogP contribution is 2.16. The van der Waals surface area contributed by atoms with Crippen LogP contribution in [0.3, 0.4) is 0 Å². The molecule has 1 rings (SSSR count). The molecule has 56 valence electrons. The summed E-state index contributed by atoms with van der Waals surface area (Å²) in [6, 6.07) is 0. The van der Waals surface area contributed by atoms with E-state index in [-0.39, 0.29) is 5.69 Å². The lowest BCUT2D eigenvalue weighted by Crippen LogP contribution is -2.07. The molecule has 0 bridgehead atoms. The van der Waals surface area contributed by atoms with E-state index in [4.69, 9.17) is 5.11 Å². The fraction of sp³-hybridized carbons (Fsp3) is 0.400. The first-order valence-corrected chi connectivity index (χ1v) is 2.66. The number of aliphatic hydroxyl groups is 1. The summed E-state index contributed by atoms with van der Waals surface area (Å²) >= 11 is 0. The lowest BCUT2D eigenvalue weighted by Gasteiger charge is -2.04. The maximum atomic E-state index is 11.7. The van der Waals surface area contributed by atoms with Gasteiger partial charge < -0.3 is 10.1 Å². The molecule has 0 aliphatic rings. The van der Waals surface area contributed by atoms with Crippen LogP contribution >= 0.6 is 0 Å². The van der Waals surface area contributed by atoms with E-state index in [1.807, 2.05) is 0 Å². The Morgan fingerprint density at radius 1 is 1.60 bits per heavy atom. The quantitative estimate of drug-likeness (QED) is 0.648. The van der Waals surface area contributed by atoms with Crippen LogP contribution in [0.15, 0.2) is 12.5 Å². The third-order valence-corrected chi connectivity index (χ3v) is 1.08. The fourth-order valence-corrected chi connectivity index (χ4v) is 0.564. The van der Waals surface area contributed by atoms with Gasteiger partial charge in [-0.2, -0.15) is 0 Å². The Labute approximate surface area is 55.7 Å². The van der Waals surface area contributed by atoms with Crippen LogP contribution in [0.25, 0.3) is 0 Å². The highest BCUT2D eigenvalue weighted by Gasteiger charge is 2.19. The molecule has 0 spiro atoms. The summed E-state index contributed by atoms with van der Waals surface area (Å²) in [4.78, 5) is 5.85. The van der Waals surface area contributed by atoms with Gasteiger partial charge in [-0.15, -0.1) is 0 Å². The molecule has 0 saturated carbocycles. The first kappa shape index (κ1) is 7.14. The van der Waals surface area contributed by atoms with Gasteiger partial charge in [-0.3, -0.25) is 0 Å². The minimum atomic E-state index is -2.76. The van der Waals surface area contributed by atoms with E-state index >= 15 is 0 Å². The van der Waals surface area contributed by atoms with Crippen LogP contribution in [0.1, 0.15) is 11.8 Å². The van der Waals surface area contributed by atoms with E-state index in [1.54, 1.807) is 0 Å². The van der Waals surface area contributed by atoms with E-state index in [2.05, 4.69) is 9.97 Å². The Hall–Kier alpha value is -0.970. The molecule has 1 aromatic heterocycles. The predicted molar refractivity (Wildman–Crippen MR) is 29.6 cm³/mol. The van der Waals surface area contributed by atoms with Crippen molar-refractivity contribution in [2.24, 2.45) is 0 Å². The zero-order chi connectivity index (χ0) is 7.56. The summed E-state index contributed by atoms with van der Waals surface area (Å²) < 4.78 is 23.4. The fourth-order valence-electron chi connectivity index (χ4n) is 0.564. The maximum absolute atomic E-state index is 11.7. The number of imidazole rings is 1. The number of aromatic nitrogens is 2. The summed E-state index contributed by atoms with van der Waals surface area (Å²) in [6.45, 7) is 0. The second kappa shape index (κ2) is 2.74. The third-order valence-electron chi connectivity index (χ3n) is 1.08. The van der Waals surface area contributed by atoms with E-state index in [0.29, 0.717) is 0 Å². The van der Waals surface area contributed by atoms with Gasteiger partial charge in [0, 0.05) is 0 Å². The lowest BCUT2D eigenvalue weighted by molar-refractivity contribution is -0.00798. The molecule has 5 heteroatoms. The van der Waals surface area contributed by atoms with Crippen LogP contribution in [0.2, 0.25) is 0 Å². The van der Waals surface area contributed by atoms with Crippen LogP contribution < -0.4 is 0 Å². The Morgan fingerprint density at radius 2 is 2.30 bits per heavy atom. The average Bonchev–Trinajstić information content (AvgIpc) is 2.36. The van der Waals surface area contributed by atoms with Gasteiger partial charge in [0.15, 0.2) is 6.10 Å². The Balaban J connectivity index is 2.68. The Kier molecular flexibility index (Phi) is 1.96. The Bertz CT molecular complexity index is 188. The Morgan fingerprint density at radius 3 is 2.70 bits per heavy atom. The average molecular weight is 148 g/mol. The van der Waals surface area contributed by atoms with Gasteiger partial charge in [0.2, 0.25) is 0 Å².